The molecule has 1 aromatic carbocycles. The van der Waals surface area contributed by atoms with Crippen molar-refractivity contribution >= 4 is 24.1 Å². The Morgan fingerprint density at radius 2 is 1.93 bits per heavy atom. The zero-order chi connectivity index (χ0) is 32.1. The van der Waals surface area contributed by atoms with E-state index >= 15 is 0 Å². The highest BCUT2D eigenvalue weighted by Gasteiger charge is 2.21. The maximum Gasteiger partial charge on any atom is 0.355 e. The molecule has 11 nitrogen and oxygen atoms in total. The van der Waals surface area contributed by atoms with Gasteiger partial charge < -0.3 is 15.6 Å². The van der Waals surface area contributed by atoms with E-state index in [1.807, 2.05) is 26.0 Å². The van der Waals surface area contributed by atoms with Gasteiger partial charge in [0, 0.05) is 48.4 Å². The van der Waals surface area contributed by atoms with Crippen LogP contribution in [0.15, 0.2) is 85.5 Å². The van der Waals surface area contributed by atoms with E-state index in [-0.39, 0.29) is 40.7 Å². The van der Waals surface area contributed by atoms with Crippen molar-refractivity contribution in [3.63, 3.8) is 0 Å². The highest BCUT2D eigenvalue weighted by atomic mass is 19.2. The van der Waals surface area contributed by atoms with Gasteiger partial charge in [0.25, 0.3) is 11.5 Å². The van der Waals surface area contributed by atoms with Crippen molar-refractivity contribution in [3.05, 3.63) is 131 Å². The van der Waals surface area contributed by atoms with Gasteiger partial charge in [0.2, 0.25) is 5.95 Å². The summed E-state index contributed by atoms with van der Waals surface area (Å²) in [5.41, 5.74) is -0.164. The number of rotatable bonds is 9. The van der Waals surface area contributed by atoms with Crippen LogP contribution in [-0.2, 0) is 13.1 Å². The summed E-state index contributed by atoms with van der Waals surface area (Å²) in [6, 6.07) is 3.52. The summed E-state index contributed by atoms with van der Waals surface area (Å²) in [5.74, 6) is -2.86. The third-order valence-electron chi connectivity index (χ3n) is 7.01. The van der Waals surface area contributed by atoms with Gasteiger partial charge in [0.15, 0.2) is 11.6 Å². The van der Waals surface area contributed by atoms with Crippen LogP contribution in [0.5, 0.6) is 0 Å². The summed E-state index contributed by atoms with van der Waals surface area (Å²) in [6.45, 7) is 8.29. The number of H-pyrrole nitrogens is 1. The summed E-state index contributed by atoms with van der Waals surface area (Å²) in [4.78, 5) is 62.5. The molecule has 1 amide bonds. The molecule has 44 heavy (non-hydrogen) atoms. The maximum atomic E-state index is 14.4. The lowest BCUT2D eigenvalue weighted by atomic mass is 9.92. The minimum Gasteiger partial charge on any atom is -0.355 e. The number of hydrogen-bond acceptors (Lipinski definition) is 7. The fourth-order valence-corrected chi connectivity index (χ4v) is 4.63. The molecule has 1 atom stereocenters. The first kappa shape index (κ1) is 31.5. The molecule has 0 saturated carbocycles. The number of aromatic nitrogens is 4. The van der Waals surface area contributed by atoms with Gasteiger partial charge >= 0.3 is 11.4 Å². The summed E-state index contributed by atoms with van der Waals surface area (Å²) in [5, 5.41) is 5.48. The summed E-state index contributed by atoms with van der Waals surface area (Å²) in [6.07, 6.45) is 9.46. The smallest absolute Gasteiger partial charge is 0.355 e. The molecule has 0 bridgehead atoms. The van der Waals surface area contributed by atoms with Crippen molar-refractivity contribution in [3.8, 4) is 0 Å². The van der Waals surface area contributed by atoms with E-state index < -0.39 is 41.0 Å². The monoisotopic (exact) mass is 603 g/mol. The van der Waals surface area contributed by atoms with Crippen LogP contribution in [0.1, 0.15) is 47.8 Å². The number of carbonyl (C=O) groups excluding carboxylic acids is 1. The number of allylic oxidation sites excluding steroid dienone is 4. The minimum absolute atomic E-state index is 0.0376. The van der Waals surface area contributed by atoms with Crippen molar-refractivity contribution in [2.75, 3.05) is 12.4 Å². The summed E-state index contributed by atoms with van der Waals surface area (Å²) >= 11 is 0. The molecule has 0 aliphatic heterocycles. The molecule has 2 aromatic heterocycles. The highest BCUT2D eigenvalue weighted by Crippen LogP contribution is 2.27. The standard InChI is InChI=1S/C31H31F2N7O4/c1-6-20-9-19(10-24(32)26(20)33)15-39-29(37-25-12-21(13-35-7-2)17(3)8-18(25)4)38-30(43)40(31(39)44)16-23-11-22(27(41)34-5)14-36-28(23)42/h6-14,17H,1,15-16H2,2-5H3,(H,34,41)(H,36,42)(H,37,38,43)/b21-13-,35-7?. The number of pyridine rings is 1. The van der Waals surface area contributed by atoms with E-state index in [1.54, 1.807) is 19.3 Å². The Hall–Kier alpha value is -5.46. The quantitative estimate of drug-likeness (QED) is 0.320. The van der Waals surface area contributed by atoms with E-state index in [0.717, 1.165) is 32.4 Å². The number of aromatic amines is 1. The molecule has 1 aliphatic carbocycles. The number of anilines is 1. The van der Waals surface area contributed by atoms with Crippen LogP contribution < -0.4 is 27.6 Å². The number of carbonyl (C=O) groups is 1. The SMILES string of the molecule is C=Cc1cc(Cn2c(NC3=C/C(=C/N=CC)C(C)C=C3C)nc(=O)n(Cc3cc(C(=O)NC)c[nH]c3=O)c2=O)cc(F)c1F. The first-order valence-electron chi connectivity index (χ1n) is 13.6. The van der Waals surface area contributed by atoms with Crippen LogP contribution in [0.3, 0.4) is 0 Å². The molecular formula is C31H31F2N7O4. The van der Waals surface area contributed by atoms with E-state index in [0.29, 0.717) is 5.70 Å². The topological polar surface area (TPSA) is 143 Å². The van der Waals surface area contributed by atoms with Crippen LogP contribution in [0.4, 0.5) is 14.7 Å². The number of hydrogen-bond donors (Lipinski definition) is 3. The zero-order valence-corrected chi connectivity index (χ0v) is 24.6. The molecular weight excluding hydrogens is 572 g/mol. The Bertz CT molecular complexity index is 1950. The third kappa shape index (κ3) is 6.61. The molecule has 4 rings (SSSR count). The average molecular weight is 604 g/mol. The number of halogens is 2. The predicted octanol–water partition coefficient (Wildman–Crippen LogP) is 3.34. The normalized spacial score (nSPS) is 15.7. The molecule has 1 unspecified atom stereocenters. The number of benzene rings is 1. The number of aliphatic imine (C=N–C) groups is 1. The maximum absolute atomic E-state index is 14.4. The van der Waals surface area contributed by atoms with Gasteiger partial charge in [-0.2, -0.15) is 4.98 Å². The summed E-state index contributed by atoms with van der Waals surface area (Å²) in [7, 11) is 1.41. The Labute approximate surface area is 250 Å². The van der Waals surface area contributed by atoms with Crippen molar-refractivity contribution in [2.24, 2.45) is 10.9 Å². The van der Waals surface area contributed by atoms with Crippen LogP contribution in [0.25, 0.3) is 6.08 Å². The minimum atomic E-state index is -1.15. The largest absolute Gasteiger partial charge is 0.355 e. The lowest BCUT2D eigenvalue weighted by Crippen LogP contribution is -2.44. The molecule has 1 aliphatic rings. The second-order valence-corrected chi connectivity index (χ2v) is 10.0. The Kier molecular flexibility index (Phi) is 9.47. The van der Waals surface area contributed by atoms with Crippen LogP contribution in [-0.4, -0.2) is 38.3 Å². The van der Waals surface area contributed by atoms with Crippen molar-refractivity contribution in [2.45, 2.75) is 33.9 Å². The third-order valence-corrected chi connectivity index (χ3v) is 7.01. The van der Waals surface area contributed by atoms with Gasteiger partial charge in [-0.15, -0.1) is 0 Å². The molecule has 228 valence electrons. The summed E-state index contributed by atoms with van der Waals surface area (Å²) < 4.78 is 30.5. The Morgan fingerprint density at radius 3 is 2.61 bits per heavy atom. The predicted molar refractivity (Wildman–Crippen MR) is 165 cm³/mol. The number of amides is 1. The molecule has 2 heterocycles. The lowest BCUT2D eigenvalue weighted by Gasteiger charge is -2.22. The first-order valence-corrected chi connectivity index (χ1v) is 13.6. The van der Waals surface area contributed by atoms with E-state index in [1.165, 1.54) is 25.4 Å². The van der Waals surface area contributed by atoms with E-state index in [9.17, 15) is 28.0 Å². The van der Waals surface area contributed by atoms with Crippen LogP contribution in [0, 0.1) is 17.6 Å². The second-order valence-electron chi connectivity index (χ2n) is 10.0. The van der Waals surface area contributed by atoms with Gasteiger partial charge in [-0.05, 0) is 54.8 Å². The fourth-order valence-electron chi connectivity index (χ4n) is 4.63. The molecule has 13 heteroatoms. The molecule has 0 radical (unpaired) electrons. The fraction of sp³-hybridized carbons (Fsp3) is 0.226. The second kappa shape index (κ2) is 13.2. The number of nitrogens with zero attached hydrogens (tertiary/aromatic N) is 4. The molecule has 0 spiro atoms. The van der Waals surface area contributed by atoms with Gasteiger partial charge in [-0.3, -0.25) is 19.1 Å². The van der Waals surface area contributed by atoms with Crippen molar-refractivity contribution < 1.29 is 13.6 Å². The number of nitrogens with one attached hydrogen (secondary N) is 3. The van der Waals surface area contributed by atoms with E-state index in [2.05, 4.69) is 32.2 Å². The molecule has 0 fully saturated rings. The van der Waals surface area contributed by atoms with Crippen LogP contribution in [0.2, 0.25) is 0 Å². The molecule has 3 aromatic rings. The van der Waals surface area contributed by atoms with Gasteiger partial charge in [0.05, 0.1) is 18.7 Å². The Balaban J connectivity index is 1.88. The van der Waals surface area contributed by atoms with Crippen molar-refractivity contribution in [1.29, 1.82) is 0 Å². The van der Waals surface area contributed by atoms with Crippen LogP contribution >= 0.6 is 0 Å². The zero-order valence-electron chi connectivity index (χ0n) is 24.6. The van der Waals surface area contributed by atoms with Gasteiger partial charge in [-0.25, -0.2) is 22.9 Å². The first-order chi connectivity index (χ1) is 21.0. The highest BCUT2D eigenvalue weighted by molar-refractivity contribution is 5.93. The Morgan fingerprint density at radius 1 is 1.18 bits per heavy atom. The molecule has 3 N–H and O–H groups in total. The van der Waals surface area contributed by atoms with Gasteiger partial charge in [0.1, 0.15) is 0 Å². The molecule has 0 saturated heterocycles. The average Bonchev–Trinajstić information content (AvgIpc) is 2.99. The van der Waals surface area contributed by atoms with E-state index in [4.69, 9.17) is 0 Å². The van der Waals surface area contributed by atoms with Gasteiger partial charge in [-0.1, -0.05) is 25.7 Å². The van der Waals surface area contributed by atoms with Crippen molar-refractivity contribution in [1.82, 2.24) is 24.4 Å². The lowest BCUT2D eigenvalue weighted by molar-refractivity contribution is 0.0962.